The van der Waals surface area contributed by atoms with Crippen molar-refractivity contribution in [1.82, 2.24) is 4.98 Å². The first kappa shape index (κ1) is 14.2. The molecule has 0 saturated heterocycles. The molecular formula is C17H12BrNOS. The zero-order valence-corrected chi connectivity index (χ0v) is 13.5. The summed E-state index contributed by atoms with van der Waals surface area (Å²) in [5.74, 6) is 0.0939. The number of rotatable bonds is 4. The molecule has 0 unspecified atom stereocenters. The number of halogens is 1. The maximum Gasteiger partial charge on any atom is 0.169 e. The van der Waals surface area contributed by atoms with E-state index in [0.29, 0.717) is 6.42 Å². The third-order valence-corrected chi connectivity index (χ3v) is 4.48. The van der Waals surface area contributed by atoms with Crippen LogP contribution in [0.4, 0.5) is 0 Å². The number of thiazole rings is 1. The molecule has 0 radical (unpaired) electrons. The number of benzene rings is 2. The van der Waals surface area contributed by atoms with Crippen molar-refractivity contribution in [3.8, 4) is 11.3 Å². The molecule has 21 heavy (non-hydrogen) atoms. The van der Waals surface area contributed by atoms with Gasteiger partial charge in [-0.25, -0.2) is 4.98 Å². The van der Waals surface area contributed by atoms with Crippen molar-refractivity contribution in [3.05, 3.63) is 75.0 Å². The Hall–Kier alpha value is -1.78. The summed E-state index contributed by atoms with van der Waals surface area (Å²) < 4.78 is 0.972. The van der Waals surface area contributed by atoms with E-state index in [1.807, 2.05) is 60.0 Å². The molecule has 3 aromatic rings. The second-order valence-corrected chi connectivity index (χ2v) is 6.46. The molecule has 2 aromatic carbocycles. The molecule has 1 heterocycles. The Balaban J connectivity index is 1.75. The number of hydrogen-bond acceptors (Lipinski definition) is 3. The van der Waals surface area contributed by atoms with Gasteiger partial charge in [0.05, 0.1) is 12.1 Å². The molecule has 4 heteroatoms. The van der Waals surface area contributed by atoms with Crippen LogP contribution in [-0.4, -0.2) is 10.8 Å². The predicted octanol–water partition coefficient (Wildman–Crippen LogP) is 5.00. The summed E-state index contributed by atoms with van der Waals surface area (Å²) in [6.45, 7) is 0. The van der Waals surface area contributed by atoms with Gasteiger partial charge in [0.15, 0.2) is 5.78 Å². The highest BCUT2D eigenvalue weighted by molar-refractivity contribution is 9.10. The fraction of sp³-hybridized carbons (Fsp3) is 0.0588. The van der Waals surface area contributed by atoms with Gasteiger partial charge in [0.2, 0.25) is 0 Å². The van der Waals surface area contributed by atoms with Crippen molar-refractivity contribution in [2.24, 2.45) is 0 Å². The summed E-state index contributed by atoms with van der Waals surface area (Å²) in [7, 11) is 0. The van der Waals surface area contributed by atoms with Gasteiger partial charge in [-0.2, -0.15) is 0 Å². The first-order chi connectivity index (χ1) is 10.2. The van der Waals surface area contributed by atoms with E-state index in [1.54, 1.807) is 0 Å². The van der Waals surface area contributed by atoms with E-state index in [9.17, 15) is 4.79 Å². The summed E-state index contributed by atoms with van der Waals surface area (Å²) in [6, 6.07) is 17.4. The smallest absolute Gasteiger partial charge is 0.169 e. The van der Waals surface area contributed by atoms with Crippen LogP contribution in [0.3, 0.4) is 0 Å². The van der Waals surface area contributed by atoms with Crippen molar-refractivity contribution >= 4 is 33.0 Å². The van der Waals surface area contributed by atoms with Crippen LogP contribution in [0.15, 0.2) is 64.5 Å². The molecule has 0 amide bonds. The fourth-order valence-electron chi connectivity index (χ4n) is 2.01. The number of ketones is 1. The van der Waals surface area contributed by atoms with Crippen molar-refractivity contribution in [1.29, 1.82) is 0 Å². The third kappa shape index (κ3) is 3.46. The lowest BCUT2D eigenvalue weighted by Gasteiger charge is -1.99. The molecule has 0 aliphatic carbocycles. The zero-order chi connectivity index (χ0) is 14.7. The number of carbonyl (C=O) groups excluding carboxylic acids is 1. The van der Waals surface area contributed by atoms with E-state index in [4.69, 9.17) is 0 Å². The van der Waals surface area contributed by atoms with Gasteiger partial charge in [-0.05, 0) is 12.1 Å². The highest BCUT2D eigenvalue weighted by Gasteiger charge is 2.11. The fourth-order valence-corrected chi connectivity index (χ4v) is 3.08. The summed E-state index contributed by atoms with van der Waals surface area (Å²) in [5.41, 5.74) is 2.73. The molecule has 0 spiro atoms. The highest BCUT2D eigenvalue weighted by Crippen LogP contribution is 2.22. The number of hydrogen-bond donors (Lipinski definition) is 0. The molecule has 0 N–H and O–H groups in total. The number of nitrogens with zero attached hydrogens (tertiary/aromatic N) is 1. The molecule has 1 aromatic heterocycles. The number of carbonyl (C=O) groups is 1. The lowest BCUT2D eigenvalue weighted by Crippen LogP contribution is -2.02. The van der Waals surface area contributed by atoms with E-state index < -0.39 is 0 Å². The average Bonchev–Trinajstić information content (AvgIpc) is 2.97. The Bertz CT molecular complexity index is 750. The Morgan fingerprint density at radius 1 is 1.05 bits per heavy atom. The molecule has 0 aliphatic rings. The van der Waals surface area contributed by atoms with Gasteiger partial charge in [0.25, 0.3) is 0 Å². The Labute approximate surface area is 135 Å². The van der Waals surface area contributed by atoms with E-state index in [-0.39, 0.29) is 5.78 Å². The maximum atomic E-state index is 12.2. The van der Waals surface area contributed by atoms with Crippen LogP contribution in [0.25, 0.3) is 11.3 Å². The predicted molar refractivity (Wildman–Crippen MR) is 89.7 cm³/mol. The van der Waals surface area contributed by atoms with Gasteiger partial charge in [0.1, 0.15) is 5.01 Å². The molecule has 0 saturated carbocycles. The lowest BCUT2D eigenvalue weighted by molar-refractivity contribution is 0.0993. The first-order valence-electron chi connectivity index (χ1n) is 6.51. The van der Waals surface area contributed by atoms with E-state index in [2.05, 4.69) is 20.9 Å². The van der Waals surface area contributed by atoms with Gasteiger partial charge in [-0.15, -0.1) is 11.3 Å². The molecule has 0 bridgehead atoms. The quantitative estimate of drug-likeness (QED) is 0.615. The van der Waals surface area contributed by atoms with E-state index >= 15 is 0 Å². The Kier molecular flexibility index (Phi) is 4.27. The van der Waals surface area contributed by atoms with Crippen molar-refractivity contribution in [2.75, 3.05) is 0 Å². The molecular weight excluding hydrogens is 346 g/mol. The molecule has 104 valence electrons. The molecule has 3 rings (SSSR count). The monoisotopic (exact) mass is 357 g/mol. The number of Topliss-reactive ketones (excluding diaryl/α,β-unsaturated/α-hetero) is 1. The normalized spacial score (nSPS) is 10.5. The van der Waals surface area contributed by atoms with Crippen LogP contribution in [0.1, 0.15) is 15.4 Å². The molecule has 0 fully saturated rings. The van der Waals surface area contributed by atoms with Crippen LogP contribution in [0.2, 0.25) is 0 Å². The van der Waals surface area contributed by atoms with Gasteiger partial charge in [0, 0.05) is 21.0 Å². The highest BCUT2D eigenvalue weighted by atomic mass is 79.9. The van der Waals surface area contributed by atoms with Crippen molar-refractivity contribution in [3.63, 3.8) is 0 Å². The first-order valence-corrected chi connectivity index (χ1v) is 8.18. The minimum absolute atomic E-state index is 0.0939. The third-order valence-electron chi connectivity index (χ3n) is 3.10. The van der Waals surface area contributed by atoms with Crippen LogP contribution in [0, 0.1) is 0 Å². The maximum absolute atomic E-state index is 12.2. The lowest BCUT2D eigenvalue weighted by atomic mass is 10.1. The Morgan fingerprint density at radius 2 is 1.76 bits per heavy atom. The van der Waals surface area contributed by atoms with Gasteiger partial charge in [-0.3, -0.25) is 4.79 Å². The van der Waals surface area contributed by atoms with Crippen LogP contribution in [-0.2, 0) is 6.42 Å². The topological polar surface area (TPSA) is 30.0 Å². The van der Waals surface area contributed by atoms with Gasteiger partial charge >= 0.3 is 0 Å². The molecule has 0 aliphatic heterocycles. The Morgan fingerprint density at radius 3 is 2.48 bits per heavy atom. The van der Waals surface area contributed by atoms with Crippen LogP contribution < -0.4 is 0 Å². The van der Waals surface area contributed by atoms with E-state index in [1.165, 1.54) is 11.3 Å². The summed E-state index contributed by atoms with van der Waals surface area (Å²) in [4.78, 5) is 16.8. The zero-order valence-electron chi connectivity index (χ0n) is 11.1. The summed E-state index contributed by atoms with van der Waals surface area (Å²) in [5, 5.41) is 2.85. The van der Waals surface area contributed by atoms with Crippen molar-refractivity contribution in [2.45, 2.75) is 6.42 Å². The summed E-state index contributed by atoms with van der Waals surface area (Å²) in [6.07, 6.45) is 0.346. The van der Waals surface area contributed by atoms with Gasteiger partial charge in [-0.1, -0.05) is 58.4 Å². The van der Waals surface area contributed by atoms with Gasteiger partial charge < -0.3 is 0 Å². The average molecular weight is 358 g/mol. The van der Waals surface area contributed by atoms with Crippen molar-refractivity contribution < 1.29 is 4.79 Å². The van der Waals surface area contributed by atoms with Crippen LogP contribution in [0.5, 0.6) is 0 Å². The standard InChI is InChI=1S/C17H12BrNOS/c18-14-8-6-13(7-9-14)16(20)10-17-19-15(11-21-17)12-4-2-1-3-5-12/h1-9,11H,10H2. The number of aromatic nitrogens is 1. The minimum Gasteiger partial charge on any atom is -0.294 e. The molecule has 0 atom stereocenters. The SMILES string of the molecule is O=C(Cc1nc(-c2ccccc2)cs1)c1ccc(Br)cc1. The van der Waals surface area contributed by atoms with Crippen LogP contribution >= 0.6 is 27.3 Å². The second kappa shape index (κ2) is 6.33. The molecule has 2 nitrogen and oxygen atoms in total. The second-order valence-electron chi connectivity index (χ2n) is 4.60. The van der Waals surface area contributed by atoms with E-state index in [0.717, 1.165) is 26.3 Å². The minimum atomic E-state index is 0.0939. The summed E-state index contributed by atoms with van der Waals surface area (Å²) >= 11 is 4.90. The largest absolute Gasteiger partial charge is 0.294 e.